The summed E-state index contributed by atoms with van der Waals surface area (Å²) in [4.78, 5) is 30.9. The predicted molar refractivity (Wildman–Crippen MR) is 73.2 cm³/mol. The summed E-state index contributed by atoms with van der Waals surface area (Å²) in [6, 6.07) is 1.000. The lowest BCUT2D eigenvalue weighted by molar-refractivity contribution is -0.385. The number of anilines is 1. The average Bonchev–Trinajstić information content (AvgIpc) is 2.83. The van der Waals surface area contributed by atoms with E-state index in [1.165, 1.54) is 0 Å². The number of nitrogens with zero attached hydrogens (tertiary/aromatic N) is 5. The topological polar surface area (TPSA) is 114 Å². The maximum absolute atomic E-state index is 11.3. The van der Waals surface area contributed by atoms with E-state index in [9.17, 15) is 20.0 Å². The fourth-order valence-electron chi connectivity index (χ4n) is 1.84. The molecule has 0 aliphatic heterocycles. The van der Waals surface area contributed by atoms with Crippen molar-refractivity contribution in [2.75, 3.05) is 11.9 Å². The first-order valence-corrected chi connectivity index (χ1v) is 5.95. The second kappa shape index (κ2) is 5.57. The minimum Gasteiger partial charge on any atom is -0.478 e. The third-order valence-electron chi connectivity index (χ3n) is 2.95. The number of nitro groups is 1. The largest absolute Gasteiger partial charge is 0.478 e. The van der Waals surface area contributed by atoms with Crippen molar-refractivity contribution in [3.63, 3.8) is 0 Å². The third-order valence-corrected chi connectivity index (χ3v) is 2.95. The predicted octanol–water partition coefficient (Wildman–Crippen LogP) is 1.06. The molecular formula is C12H13N5O4. The molecule has 2 aromatic rings. The van der Waals surface area contributed by atoms with Crippen LogP contribution >= 0.6 is 0 Å². The Bertz CT molecular complexity index is 697. The fourth-order valence-corrected chi connectivity index (χ4v) is 1.84. The van der Waals surface area contributed by atoms with E-state index < -0.39 is 10.9 Å². The summed E-state index contributed by atoms with van der Waals surface area (Å²) in [6.45, 7) is 0.328. The highest BCUT2D eigenvalue weighted by molar-refractivity contribution is 5.94. The van der Waals surface area contributed by atoms with Crippen LogP contribution in [0, 0.1) is 10.1 Å². The normalized spacial score (nSPS) is 10.4. The average molecular weight is 291 g/mol. The molecule has 0 radical (unpaired) electrons. The molecule has 110 valence electrons. The fraction of sp³-hybridized carbons (Fsp3) is 0.250. The van der Waals surface area contributed by atoms with Gasteiger partial charge in [0.1, 0.15) is 23.4 Å². The number of aromatic carboxylic acids is 1. The van der Waals surface area contributed by atoms with Crippen LogP contribution in [0.15, 0.2) is 24.7 Å². The molecular weight excluding hydrogens is 278 g/mol. The Morgan fingerprint density at radius 2 is 2.24 bits per heavy atom. The lowest BCUT2D eigenvalue weighted by atomic mass is 10.2. The first-order chi connectivity index (χ1) is 9.90. The van der Waals surface area contributed by atoms with Crippen molar-refractivity contribution in [2.45, 2.75) is 6.54 Å². The second-order valence-electron chi connectivity index (χ2n) is 4.44. The monoisotopic (exact) mass is 291 g/mol. The van der Waals surface area contributed by atoms with Gasteiger partial charge in [-0.3, -0.25) is 10.1 Å². The molecule has 0 aromatic carbocycles. The number of carboxylic acid groups (broad SMARTS) is 1. The lowest BCUT2D eigenvalue weighted by Crippen LogP contribution is -2.22. The van der Waals surface area contributed by atoms with E-state index in [0.29, 0.717) is 12.4 Å². The number of pyridine rings is 1. The van der Waals surface area contributed by atoms with E-state index >= 15 is 0 Å². The van der Waals surface area contributed by atoms with Crippen molar-refractivity contribution in [1.29, 1.82) is 0 Å². The van der Waals surface area contributed by atoms with Crippen molar-refractivity contribution >= 4 is 17.5 Å². The van der Waals surface area contributed by atoms with Gasteiger partial charge in [-0.25, -0.2) is 14.8 Å². The van der Waals surface area contributed by atoms with Crippen LogP contribution in [-0.4, -0.2) is 37.6 Å². The smallest absolute Gasteiger partial charge is 0.339 e. The molecule has 1 N–H and O–H groups in total. The van der Waals surface area contributed by atoms with Crippen molar-refractivity contribution in [3.05, 3.63) is 46.2 Å². The number of aromatic nitrogens is 3. The molecule has 2 aromatic heterocycles. The Hall–Kier alpha value is -2.97. The van der Waals surface area contributed by atoms with Crippen LogP contribution in [0.4, 0.5) is 11.5 Å². The number of carbonyl (C=O) groups is 1. The maximum Gasteiger partial charge on any atom is 0.339 e. The molecule has 0 amide bonds. The molecule has 0 aliphatic rings. The third kappa shape index (κ3) is 2.96. The highest BCUT2D eigenvalue weighted by Crippen LogP contribution is 2.22. The molecule has 21 heavy (non-hydrogen) atoms. The highest BCUT2D eigenvalue weighted by atomic mass is 16.6. The zero-order valence-corrected chi connectivity index (χ0v) is 11.4. The van der Waals surface area contributed by atoms with Crippen LogP contribution in [0.25, 0.3) is 0 Å². The highest BCUT2D eigenvalue weighted by Gasteiger charge is 2.20. The second-order valence-corrected chi connectivity index (χ2v) is 4.44. The van der Waals surface area contributed by atoms with Crippen LogP contribution < -0.4 is 4.90 Å². The Morgan fingerprint density at radius 3 is 2.76 bits per heavy atom. The first-order valence-electron chi connectivity index (χ1n) is 5.95. The number of rotatable bonds is 5. The van der Waals surface area contributed by atoms with E-state index in [1.807, 2.05) is 7.05 Å². The van der Waals surface area contributed by atoms with E-state index in [-0.39, 0.29) is 17.1 Å². The minimum absolute atomic E-state index is 0.149. The minimum atomic E-state index is -1.27. The molecule has 9 heteroatoms. The Balaban J connectivity index is 2.36. The molecule has 0 bridgehead atoms. The Kier molecular flexibility index (Phi) is 3.83. The summed E-state index contributed by atoms with van der Waals surface area (Å²) in [6.07, 6.45) is 4.44. The van der Waals surface area contributed by atoms with E-state index in [1.54, 1.807) is 28.9 Å². The van der Waals surface area contributed by atoms with Gasteiger partial charge >= 0.3 is 5.97 Å². The van der Waals surface area contributed by atoms with Crippen molar-refractivity contribution in [1.82, 2.24) is 14.5 Å². The van der Waals surface area contributed by atoms with Gasteiger partial charge in [-0.15, -0.1) is 0 Å². The van der Waals surface area contributed by atoms with E-state index in [0.717, 1.165) is 12.3 Å². The summed E-state index contributed by atoms with van der Waals surface area (Å²) in [7, 11) is 3.47. The van der Waals surface area contributed by atoms with Crippen LogP contribution in [0.5, 0.6) is 0 Å². The van der Waals surface area contributed by atoms with Gasteiger partial charge < -0.3 is 14.6 Å². The van der Waals surface area contributed by atoms with Crippen molar-refractivity contribution in [2.24, 2.45) is 7.05 Å². The number of imidazole rings is 1. The molecule has 0 atom stereocenters. The van der Waals surface area contributed by atoms with E-state index in [2.05, 4.69) is 9.97 Å². The SMILES string of the molecule is CN(Cc1nccn1C)c1ncc([N+](=O)[O-])cc1C(=O)O. The van der Waals surface area contributed by atoms with Crippen LogP contribution in [0.1, 0.15) is 16.2 Å². The van der Waals surface area contributed by atoms with Crippen LogP contribution in [0.3, 0.4) is 0 Å². The van der Waals surface area contributed by atoms with Crippen LogP contribution in [0.2, 0.25) is 0 Å². The lowest BCUT2D eigenvalue weighted by Gasteiger charge is -2.19. The van der Waals surface area contributed by atoms with Gasteiger partial charge in [-0.2, -0.15) is 0 Å². The quantitative estimate of drug-likeness (QED) is 0.646. The number of carboxylic acids is 1. The van der Waals surface area contributed by atoms with Gasteiger partial charge in [0, 0.05) is 32.6 Å². The Labute approximate surface area is 119 Å². The molecule has 0 saturated carbocycles. The van der Waals surface area contributed by atoms with Crippen molar-refractivity contribution < 1.29 is 14.8 Å². The maximum atomic E-state index is 11.3. The molecule has 9 nitrogen and oxygen atoms in total. The molecule has 2 rings (SSSR count). The van der Waals surface area contributed by atoms with Gasteiger partial charge in [0.05, 0.1) is 11.5 Å². The summed E-state index contributed by atoms with van der Waals surface area (Å²) in [5, 5.41) is 19.9. The van der Waals surface area contributed by atoms with Gasteiger partial charge in [0.2, 0.25) is 0 Å². The number of hydrogen-bond donors (Lipinski definition) is 1. The standard InChI is InChI=1S/C12H13N5O4/c1-15-4-3-13-10(15)7-16(2)11-9(12(18)19)5-8(6-14-11)17(20)21/h3-6H,7H2,1-2H3,(H,18,19). The summed E-state index contributed by atoms with van der Waals surface area (Å²) >= 11 is 0. The first kappa shape index (κ1) is 14.4. The van der Waals surface area contributed by atoms with Crippen LogP contribution in [-0.2, 0) is 13.6 Å². The zero-order chi connectivity index (χ0) is 15.6. The number of hydrogen-bond acceptors (Lipinski definition) is 6. The van der Waals surface area contributed by atoms with E-state index in [4.69, 9.17) is 0 Å². The van der Waals surface area contributed by atoms with Gasteiger partial charge in [-0.1, -0.05) is 0 Å². The van der Waals surface area contributed by atoms with Gasteiger partial charge in [0.25, 0.3) is 5.69 Å². The molecule has 0 spiro atoms. The Morgan fingerprint density at radius 1 is 1.52 bits per heavy atom. The molecule has 0 fully saturated rings. The molecule has 0 aliphatic carbocycles. The summed E-state index contributed by atoms with van der Waals surface area (Å²) in [5.74, 6) is -0.405. The summed E-state index contributed by atoms with van der Waals surface area (Å²) in [5.41, 5.74) is -0.581. The summed E-state index contributed by atoms with van der Waals surface area (Å²) < 4.78 is 1.79. The van der Waals surface area contributed by atoms with Crippen molar-refractivity contribution in [3.8, 4) is 0 Å². The molecule has 0 unspecified atom stereocenters. The zero-order valence-electron chi connectivity index (χ0n) is 11.4. The van der Waals surface area contributed by atoms with Gasteiger partial charge in [0.15, 0.2) is 0 Å². The number of aryl methyl sites for hydroxylation is 1. The van der Waals surface area contributed by atoms with Gasteiger partial charge in [-0.05, 0) is 0 Å². The molecule has 2 heterocycles. The molecule has 0 saturated heterocycles.